The summed E-state index contributed by atoms with van der Waals surface area (Å²) >= 11 is 0. The number of carbonyl (C=O) groups is 4. The molecule has 17 nitrogen and oxygen atoms in total. The lowest BCUT2D eigenvalue weighted by atomic mass is 9.99. The van der Waals surface area contributed by atoms with Crippen LogP contribution in [-0.4, -0.2) is 96.7 Å². The van der Waals surface area contributed by atoms with Gasteiger partial charge in [0.05, 0.1) is 26.4 Å². The summed E-state index contributed by atoms with van der Waals surface area (Å²) in [5, 5.41) is 10.7. The molecule has 0 spiro atoms. The monoisotopic (exact) mass is 1550 g/mol. The van der Waals surface area contributed by atoms with Gasteiger partial charge in [-0.1, -0.05) is 414 Å². The summed E-state index contributed by atoms with van der Waals surface area (Å²) < 4.78 is 69.0. The number of hydrogen-bond acceptors (Lipinski definition) is 15. The Morgan fingerprint density at radius 1 is 0.274 bits per heavy atom. The van der Waals surface area contributed by atoms with Crippen molar-refractivity contribution in [3.63, 3.8) is 0 Å². The van der Waals surface area contributed by atoms with Gasteiger partial charge in [-0.05, 0) is 37.5 Å². The van der Waals surface area contributed by atoms with Crippen molar-refractivity contribution in [2.75, 3.05) is 39.6 Å². The van der Waals surface area contributed by atoms with E-state index in [0.717, 1.165) is 102 Å². The predicted molar refractivity (Wildman–Crippen MR) is 437 cm³/mol. The van der Waals surface area contributed by atoms with Gasteiger partial charge in [0.1, 0.15) is 19.3 Å². The van der Waals surface area contributed by atoms with Crippen molar-refractivity contribution in [3.05, 3.63) is 0 Å². The summed E-state index contributed by atoms with van der Waals surface area (Å²) in [5.41, 5.74) is 0. The zero-order valence-electron chi connectivity index (χ0n) is 69.7. The molecule has 0 aliphatic carbocycles. The van der Waals surface area contributed by atoms with E-state index in [4.69, 9.17) is 37.0 Å². The van der Waals surface area contributed by atoms with Crippen molar-refractivity contribution in [1.29, 1.82) is 0 Å². The molecule has 0 heterocycles. The highest BCUT2D eigenvalue weighted by atomic mass is 31.2. The second-order valence-electron chi connectivity index (χ2n) is 32.0. The van der Waals surface area contributed by atoms with Gasteiger partial charge >= 0.3 is 39.5 Å². The first-order valence-corrected chi connectivity index (χ1v) is 48.0. The van der Waals surface area contributed by atoms with E-state index in [-0.39, 0.29) is 25.7 Å². The SMILES string of the molecule is CCCCCCCCCCCCCCCCCCCCCCC(=O)O[C@H](COC(=O)CCCCCCCCCCCCCCCCC(C)C)COP(=O)(O)OC[C@@H](O)COP(=O)(O)OC[C@@H](COC(=O)CCCCCCCCCCC(C)CC)OC(=O)CCCCCCCCCCCCCCCCCCC. The van der Waals surface area contributed by atoms with E-state index in [9.17, 15) is 43.2 Å². The maximum Gasteiger partial charge on any atom is 0.472 e. The van der Waals surface area contributed by atoms with Crippen molar-refractivity contribution >= 4 is 39.5 Å². The van der Waals surface area contributed by atoms with Gasteiger partial charge in [-0.25, -0.2) is 9.13 Å². The highest BCUT2D eigenvalue weighted by Crippen LogP contribution is 2.45. The highest BCUT2D eigenvalue weighted by Gasteiger charge is 2.30. The number of aliphatic hydroxyl groups is 1. The van der Waals surface area contributed by atoms with E-state index < -0.39 is 97.5 Å². The predicted octanol–water partition coefficient (Wildman–Crippen LogP) is 26.6. The topological polar surface area (TPSA) is 237 Å². The molecule has 0 aromatic rings. The van der Waals surface area contributed by atoms with Crippen molar-refractivity contribution < 1.29 is 80.2 Å². The molecule has 106 heavy (non-hydrogen) atoms. The first-order chi connectivity index (χ1) is 51.4. The largest absolute Gasteiger partial charge is 0.472 e. The number of hydrogen-bond donors (Lipinski definition) is 3. The van der Waals surface area contributed by atoms with Crippen LogP contribution in [0, 0.1) is 11.8 Å². The summed E-state index contributed by atoms with van der Waals surface area (Å²) in [4.78, 5) is 73.3. The highest BCUT2D eigenvalue weighted by molar-refractivity contribution is 7.47. The molecular weight excluding hydrogens is 1380 g/mol. The van der Waals surface area contributed by atoms with Gasteiger partial charge in [0, 0.05) is 25.7 Å². The van der Waals surface area contributed by atoms with E-state index in [1.54, 1.807) is 0 Å². The molecule has 0 fully saturated rings. The molecule has 0 rings (SSSR count). The van der Waals surface area contributed by atoms with Crippen molar-refractivity contribution in [1.82, 2.24) is 0 Å². The Labute approximate surface area is 651 Å². The van der Waals surface area contributed by atoms with Crippen LogP contribution in [-0.2, 0) is 65.4 Å². The van der Waals surface area contributed by atoms with Crippen LogP contribution in [0.4, 0.5) is 0 Å². The van der Waals surface area contributed by atoms with Crippen LogP contribution in [0.15, 0.2) is 0 Å². The van der Waals surface area contributed by atoms with Gasteiger partial charge in [0.15, 0.2) is 12.2 Å². The number of aliphatic hydroxyl groups excluding tert-OH is 1. The Morgan fingerprint density at radius 2 is 0.481 bits per heavy atom. The molecule has 0 aliphatic heterocycles. The minimum Gasteiger partial charge on any atom is -0.462 e. The van der Waals surface area contributed by atoms with E-state index in [1.165, 1.54) is 283 Å². The maximum atomic E-state index is 13.2. The fourth-order valence-corrected chi connectivity index (χ4v) is 15.1. The molecule has 0 aromatic heterocycles. The van der Waals surface area contributed by atoms with Crippen molar-refractivity contribution in [3.8, 4) is 0 Å². The van der Waals surface area contributed by atoms with Crippen LogP contribution >= 0.6 is 15.6 Å². The minimum absolute atomic E-state index is 0.108. The lowest BCUT2D eigenvalue weighted by Gasteiger charge is -2.21. The molecule has 0 amide bonds. The van der Waals surface area contributed by atoms with Crippen LogP contribution < -0.4 is 0 Å². The van der Waals surface area contributed by atoms with Crippen molar-refractivity contribution in [2.24, 2.45) is 11.8 Å². The molecule has 19 heteroatoms. The molecule has 0 radical (unpaired) electrons. The Hall–Kier alpha value is -1.94. The van der Waals surface area contributed by atoms with Gasteiger partial charge < -0.3 is 33.8 Å². The standard InChI is InChI=1S/C87H170O17P2/c1-7-10-12-14-16-18-20-22-24-26-27-28-30-32-38-42-46-54-60-66-71-86(91)103-82(75-97-84(89)69-63-57-51-44-40-36-34-33-35-39-43-49-55-61-67-79(4)5)77-101-105(93,94)99-73-81(88)74-100-106(95,96)102-78-83(76-98-85(90)70-64-58-52-48-47-50-56-62-68-80(6)9-3)104-87(92)72-65-59-53-45-41-37-31-29-25-23-21-19-17-15-13-11-8-2/h79-83,88H,7-78H2,1-6H3,(H,93,94)(H,95,96)/t80?,81-,82-,83-/m1/s1. The Balaban J connectivity index is 5.26. The third kappa shape index (κ3) is 78.7. The van der Waals surface area contributed by atoms with E-state index >= 15 is 0 Å². The summed E-state index contributed by atoms with van der Waals surface area (Å²) in [6.07, 6.45) is 70.7. The normalized spacial score (nSPS) is 14.1. The van der Waals surface area contributed by atoms with Crippen LogP contribution in [0.1, 0.15) is 465 Å². The number of carbonyl (C=O) groups excluding carboxylic acids is 4. The average molecular weight is 1550 g/mol. The van der Waals surface area contributed by atoms with Crippen LogP contribution in [0.3, 0.4) is 0 Å². The zero-order chi connectivity index (χ0) is 77.8. The third-order valence-corrected chi connectivity index (χ3v) is 22.7. The second kappa shape index (κ2) is 78.3. The van der Waals surface area contributed by atoms with Gasteiger partial charge in [0.25, 0.3) is 0 Å². The number of esters is 4. The summed E-state index contributed by atoms with van der Waals surface area (Å²) in [6.45, 7) is 9.71. The summed E-state index contributed by atoms with van der Waals surface area (Å²) in [5.74, 6) is -0.523. The Bertz CT molecular complexity index is 2030. The summed E-state index contributed by atoms with van der Waals surface area (Å²) in [7, 11) is -9.93. The third-order valence-electron chi connectivity index (χ3n) is 20.8. The number of phosphoric ester groups is 2. The lowest BCUT2D eigenvalue weighted by molar-refractivity contribution is -0.161. The molecular formula is C87H170O17P2. The lowest BCUT2D eigenvalue weighted by Crippen LogP contribution is -2.30. The quantitative estimate of drug-likeness (QED) is 0.0222. The fraction of sp³-hybridized carbons (Fsp3) is 0.954. The fourth-order valence-electron chi connectivity index (χ4n) is 13.6. The minimum atomic E-state index is -4.97. The van der Waals surface area contributed by atoms with Crippen LogP contribution in [0.2, 0.25) is 0 Å². The van der Waals surface area contributed by atoms with Crippen LogP contribution in [0.5, 0.6) is 0 Å². The molecule has 0 saturated carbocycles. The molecule has 0 saturated heterocycles. The molecule has 0 bridgehead atoms. The number of phosphoric acid groups is 2. The first-order valence-electron chi connectivity index (χ1n) is 45.0. The molecule has 0 aliphatic rings. The zero-order valence-corrected chi connectivity index (χ0v) is 71.5. The molecule has 0 aromatic carbocycles. The van der Waals surface area contributed by atoms with E-state index in [2.05, 4.69) is 41.5 Å². The van der Waals surface area contributed by atoms with Gasteiger partial charge in [-0.15, -0.1) is 0 Å². The smallest absolute Gasteiger partial charge is 0.462 e. The van der Waals surface area contributed by atoms with Gasteiger partial charge in [-0.3, -0.25) is 37.3 Å². The van der Waals surface area contributed by atoms with E-state index in [0.29, 0.717) is 25.7 Å². The second-order valence-corrected chi connectivity index (χ2v) is 34.9. The molecule has 630 valence electrons. The average Bonchev–Trinajstić information content (AvgIpc) is 0.900. The van der Waals surface area contributed by atoms with E-state index in [1.807, 2.05) is 0 Å². The van der Waals surface area contributed by atoms with Crippen molar-refractivity contribution in [2.45, 2.75) is 484 Å². The summed E-state index contributed by atoms with van der Waals surface area (Å²) in [6, 6.07) is 0. The number of unbranched alkanes of at least 4 members (excludes halogenated alkanes) is 55. The van der Waals surface area contributed by atoms with Gasteiger partial charge in [-0.2, -0.15) is 0 Å². The number of ether oxygens (including phenoxy) is 4. The Kier molecular flexibility index (Phi) is 76.9. The van der Waals surface area contributed by atoms with Gasteiger partial charge in [0.2, 0.25) is 0 Å². The Morgan fingerprint density at radius 3 is 0.717 bits per heavy atom. The van der Waals surface area contributed by atoms with Crippen LogP contribution in [0.25, 0.3) is 0 Å². The molecule has 3 unspecified atom stereocenters. The maximum absolute atomic E-state index is 13.2. The molecule has 6 atom stereocenters. The first kappa shape index (κ1) is 104. The number of rotatable bonds is 86. The molecule has 3 N–H and O–H groups in total.